The zero-order valence-corrected chi connectivity index (χ0v) is 9.92. The van der Waals surface area contributed by atoms with E-state index in [2.05, 4.69) is 5.32 Å². The van der Waals surface area contributed by atoms with Crippen LogP contribution in [0, 0.1) is 5.82 Å². The SMILES string of the molecule is Nc1ccc(NCCCC2CCCO2)cc1F. The number of anilines is 2. The van der Waals surface area contributed by atoms with E-state index in [1.807, 2.05) is 0 Å². The van der Waals surface area contributed by atoms with Gasteiger partial charge in [0.25, 0.3) is 0 Å². The third-order valence-corrected chi connectivity index (χ3v) is 3.06. The summed E-state index contributed by atoms with van der Waals surface area (Å²) >= 11 is 0. The molecule has 1 aliphatic heterocycles. The van der Waals surface area contributed by atoms with E-state index >= 15 is 0 Å². The van der Waals surface area contributed by atoms with Crippen LogP contribution in [0.5, 0.6) is 0 Å². The second-order valence-corrected chi connectivity index (χ2v) is 4.44. The van der Waals surface area contributed by atoms with E-state index in [0.717, 1.165) is 31.7 Å². The Morgan fingerprint density at radius 2 is 2.35 bits per heavy atom. The number of rotatable bonds is 5. The van der Waals surface area contributed by atoms with Gasteiger partial charge >= 0.3 is 0 Å². The van der Waals surface area contributed by atoms with Crippen LogP contribution in [0.2, 0.25) is 0 Å². The summed E-state index contributed by atoms with van der Waals surface area (Å²) in [6.07, 6.45) is 4.90. The second kappa shape index (κ2) is 5.87. The molecule has 1 aromatic carbocycles. The van der Waals surface area contributed by atoms with Gasteiger partial charge in [0.05, 0.1) is 11.8 Å². The average Bonchev–Trinajstić information content (AvgIpc) is 2.82. The van der Waals surface area contributed by atoms with Gasteiger partial charge in [-0.05, 0) is 43.9 Å². The molecule has 1 unspecified atom stereocenters. The fraction of sp³-hybridized carbons (Fsp3) is 0.538. The van der Waals surface area contributed by atoms with Crippen LogP contribution in [0.15, 0.2) is 18.2 Å². The Hall–Kier alpha value is -1.29. The van der Waals surface area contributed by atoms with E-state index in [-0.39, 0.29) is 11.5 Å². The van der Waals surface area contributed by atoms with E-state index in [0.29, 0.717) is 6.10 Å². The van der Waals surface area contributed by atoms with Crippen molar-refractivity contribution in [3.8, 4) is 0 Å². The first kappa shape index (κ1) is 12.2. The molecule has 1 saturated heterocycles. The molecule has 1 aliphatic rings. The van der Waals surface area contributed by atoms with E-state index in [4.69, 9.17) is 10.5 Å². The fourth-order valence-electron chi connectivity index (χ4n) is 2.07. The zero-order valence-electron chi connectivity index (χ0n) is 9.92. The lowest BCUT2D eigenvalue weighted by molar-refractivity contribution is 0.103. The molecule has 0 radical (unpaired) electrons. The first-order valence-electron chi connectivity index (χ1n) is 6.16. The highest BCUT2D eigenvalue weighted by Crippen LogP contribution is 2.18. The van der Waals surface area contributed by atoms with Crippen LogP contribution in [0.1, 0.15) is 25.7 Å². The number of halogens is 1. The minimum Gasteiger partial charge on any atom is -0.396 e. The quantitative estimate of drug-likeness (QED) is 0.612. The molecule has 0 saturated carbocycles. The largest absolute Gasteiger partial charge is 0.396 e. The molecule has 0 aliphatic carbocycles. The van der Waals surface area contributed by atoms with Gasteiger partial charge < -0.3 is 15.8 Å². The molecule has 0 aromatic heterocycles. The van der Waals surface area contributed by atoms with Crippen LogP contribution in [-0.2, 0) is 4.74 Å². The van der Waals surface area contributed by atoms with Crippen molar-refractivity contribution in [2.24, 2.45) is 0 Å². The van der Waals surface area contributed by atoms with Crippen molar-refractivity contribution in [1.82, 2.24) is 0 Å². The van der Waals surface area contributed by atoms with Gasteiger partial charge in [0.1, 0.15) is 5.82 Å². The minimum absolute atomic E-state index is 0.190. The molecular formula is C13H19FN2O. The van der Waals surface area contributed by atoms with Gasteiger partial charge in [-0.2, -0.15) is 0 Å². The zero-order chi connectivity index (χ0) is 12.1. The summed E-state index contributed by atoms with van der Waals surface area (Å²) in [5.74, 6) is -0.367. The van der Waals surface area contributed by atoms with Gasteiger partial charge in [-0.25, -0.2) is 4.39 Å². The van der Waals surface area contributed by atoms with Crippen LogP contribution in [0.25, 0.3) is 0 Å². The number of benzene rings is 1. The Bertz CT molecular complexity index is 364. The maximum atomic E-state index is 13.1. The van der Waals surface area contributed by atoms with Crippen LogP contribution in [-0.4, -0.2) is 19.3 Å². The molecule has 0 bridgehead atoms. The molecule has 3 nitrogen and oxygen atoms in total. The first-order chi connectivity index (χ1) is 8.25. The molecule has 94 valence electrons. The van der Waals surface area contributed by atoms with Gasteiger partial charge in [0, 0.05) is 18.8 Å². The standard InChI is InChI=1S/C13H19FN2O/c14-12-9-10(5-6-13(12)15)16-7-1-3-11-4-2-8-17-11/h5-6,9,11,16H,1-4,7-8,15H2. The third-order valence-electron chi connectivity index (χ3n) is 3.06. The van der Waals surface area contributed by atoms with Crippen molar-refractivity contribution in [2.75, 3.05) is 24.2 Å². The van der Waals surface area contributed by atoms with Crippen molar-refractivity contribution in [3.63, 3.8) is 0 Å². The smallest absolute Gasteiger partial charge is 0.148 e. The lowest BCUT2D eigenvalue weighted by Crippen LogP contribution is -2.09. The Morgan fingerprint density at radius 1 is 1.47 bits per heavy atom. The van der Waals surface area contributed by atoms with Crippen molar-refractivity contribution in [2.45, 2.75) is 31.8 Å². The number of nitrogen functional groups attached to an aromatic ring is 1. The molecule has 17 heavy (non-hydrogen) atoms. The molecular weight excluding hydrogens is 219 g/mol. The average molecular weight is 238 g/mol. The number of hydrogen-bond acceptors (Lipinski definition) is 3. The molecule has 3 N–H and O–H groups in total. The summed E-state index contributed by atoms with van der Waals surface area (Å²) in [7, 11) is 0. The normalized spacial score (nSPS) is 19.5. The topological polar surface area (TPSA) is 47.3 Å². The number of hydrogen-bond donors (Lipinski definition) is 2. The maximum absolute atomic E-state index is 13.1. The van der Waals surface area contributed by atoms with Crippen LogP contribution in [0.3, 0.4) is 0 Å². The van der Waals surface area contributed by atoms with Crippen LogP contribution in [0.4, 0.5) is 15.8 Å². The Morgan fingerprint density at radius 3 is 3.06 bits per heavy atom. The van der Waals surface area contributed by atoms with E-state index < -0.39 is 0 Å². The summed E-state index contributed by atoms with van der Waals surface area (Å²) < 4.78 is 18.7. The summed E-state index contributed by atoms with van der Waals surface area (Å²) in [6, 6.07) is 4.81. The Balaban J connectivity index is 1.68. The number of nitrogens with two attached hydrogens (primary N) is 1. The first-order valence-corrected chi connectivity index (χ1v) is 6.16. The fourth-order valence-corrected chi connectivity index (χ4v) is 2.07. The minimum atomic E-state index is -0.367. The van der Waals surface area contributed by atoms with Gasteiger partial charge in [0.15, 0.2) is 0 Å². The molecule has 0 amide bonds. The molecule has 1 aromatic rings. The Kier molecular flexibility index (Phi) is 4.20. The second-order valence-electron chi connectivity index (χ2n) is 4.44. The lowest BCUT2D eigenvalue weighted by atomic mass is 10.1. The highest BCUT2D eigenvalue weighted by atomic mass is 19.1. The molecule has 4 heteroatoms. The molecule has 1 heterocycles. The summed E-state index contributed by atoms with van der Waals surface area (Å²) in [5.41, 5.74) is 6.38. The van der Waals surface area contributed by atoms with E-state index in [1.54, 1.807) is 12.1 Å². The predicted octanol–water partition coefficient (Wildman–Crippen LogP) is 2.78. The predicted molar refractivity (Wildman–Crippen MR) is 67.5 cm³/mol. The van der Waals surface area contributed by atoms with E-state index in [1.165, 1.54) is 18.9 Å². The van der Waals surface area contributed by atoms with Gasteiger partial charge in [-0.3, -0.25) is 0 Å². The lowest BCUT2D eigenvalue weighted by Gasteiger charge is -2.10. The maximum Gasteiger partial charge on any atom is 0.148 e. The summed E-state index contributed by atoms with van der Waals surface area (Å²) in [4.78, 5) is 0. The van der Waals surface area contributed by atoms with Crippen molar-refractivity contribution in [1.29, 1.82) is 0 Å². The monoisotopic (exact) mass is 238 g/mol. The summed E-state index contributed by atoms with van der Waals surface area (Å²) in [5, 5.41) is 3.19. The van der Waals surface area contributed by atoms with Crippen LogP contribution < -0.4 is 11.1 Å². The highest BCUT2D eigenvalue weighted by molar-refractivity contribution is 5.52. The van der Waals surface area contributed by atoms with Gasteiger partial charge in [-0.1, -0.05) is 0 Å². The molecule has 0 spiro atoms. The summed E-state index contributed by atoms with van der Waals surface area (Å²) in [6.45, 7) is 1.74. The van der Waals surface area contributed by atoms with Gasteiger partial charge in [-0.15, -0.1) is 0 Å². The van der Waals surface area contributed by atoms with Gasteiger partial charge in [0.2, 0.25) is 0 Å². The van der Waals surface area contributed by atoms with Crippen molar-refractivity contribution in [3.05, 3.63) is 24.0 Å². The highest BCUT2D eigenvalue weighted by Gasteiger charge is 2.14. The molecule has 2 rings (SSSR count). The van der Waals surface area contributed by atoms with Crippen molar-refractivity contribution < 1.29 is 9.13 Å². The Labute approximate surface area is 101 Å². The van der Waals surface area contributed by atoms with Crippen LogP contribution >= 0.6 is 0 Å². The van der Waals surface area contributed by atoms with E-state index in [9.17, 15) is 4.39 Å². The number of ether oxygens (including phenoxy) is 1. The van der Waals surface area contributed by atoms with Crippen molar-refractivity contribution >= 4 is 11.4 Å². The molecule has 1 fully saturated rings. The molecule has 1 atom stereocenters. The third kappa shape index (κ3) is 3.60. The number of nitrogens with one attached hydrogen (secondary N) is 1.